The van der Waals surface area contributed by atoms with Crippen molar-refractivity contribution < 1.29 is 4.79 Å². The third-order valence-electron chi connectivity index (χ3n) is 2.43. The van der Waals surface area contributed by atoms with Crippen LogP contribution in [0.4, 0.5) is 5.95 Å². The molecule has 5 nitrogen and oxygen atoms in total. The zero-order chi connectivity index (χ0) is 11.7. The van der Waals surface area contributed by atoms with Crippen LogP contribution in [0.3, 0.4) is 0 Å². The predicted octanol–water partition coefficient (Wildman–Crippen LogP) is 1.63. The summed E-state index contributed by atoms with van der Waals surface area (Å²) in [5.74, 6) is 1.52. The largest absolute Gasteiger partial charge is 0.294 e. The van der Waals surface area contributed by atoms with E-state index in [2.05, 4.69) is 15.5 Å². The summed E-state index contributed by atoms with van der Waals surface area (Å²) >= 11 is 3.24. The fraction of sp³-hybridized carbons (Fsp3) is 0.300. The van der Waals surface area contributed by atoms with Crippen molar-refractivity contribution in [1.29, 1.82) is 0 Å². The molecule has 0 aromatic carbocycles. The third kappa shape index (κ3) is 2.20. The highest BCUT2D eigenvalue weighted by molar-refractivity contribution is 7.99. The second-order valence-electron chi connectivity index (χ2n) is 3.61. The Labute approximate surface area is 106 Å². The van der Waals surface area contributed by atoms with Crippen molar-refractivity contribution in [3.05, 3.63) is 22.4 Å². The summed E-state index contributed by atoms with van der Waals surface area (Å²) < 4.78 is 1.94. The molecular formula is C10H10N4OS2. The van der Waals surface area contributed by atoms with Gasteiger partial charge in [0.1, 0.15) is 0 Å². The zero-order valence-electron chi connectivity index (χ0n) is 8.92. The summed E-state index contributed by atoms with van der Waals surface area (Å²) in [5.41, 5.74) is 0. The zero-order valence-corrected chi connectivity index (χ0v) is 10.6. The number of nitrogens with zero attached hydrogens (tertiary/aromatic N) is 3. The number of rotatable bonds is 3. The maximum absolute atomic E-state index is 11.8. The summed E-state index contributed by atoms with van der Waals surface area (Å²) in [6.07, 6.45) is 0.396. The van der Waals surface area contributed by atoms with Gasteiger partial charge in [0, 0.05) is 17.2 Å². The van der Waals surface area contributed by atoms with Crippen molar-refractivity contribution in [2.24, 2.45) is 0 Å². The topological polar surface area (TPSA) is 59.8 Å². The van der Waals surface area contributed by atoms with Crippen LogP contribution < -0.4 is 5.32 Å². The van der Waals surface area contributed by atoms with E-state index in [9.17, 15) is 4.79 Å². The van der Waals surface area contributed by atoms with E-state index in [1.54, 1.807) is 23.1 Å². The highest BCUT2D eigenvalue weighted by Crippen LogP contribution is 2.26. The number of thiophene rings is 1. The van der Waals surface area contributed by atoms with Crippen LogP contribution in [0, 0.1) is 0 Å². The van der Waals surface area contributed by atoms with Gasteiger partial charge in [0.2, 0.25) is 11.9 Å². The lowest BCUT2D eigenvalue weighted by atomic mass is 10.3. The molecule has 0 saturated carbocycles. The molecule has 2 aromatic rings. The van der Waals surface area contributed by atoms with Crippen LogP contribution in [-0.2, 0) is 17.8 Å². The van der Waals surface area contributed by atoms with Crippen LogP contribution in [-0.4, -0.2) is 26.4 Å². The molecule has 1 aliphatic rings. The van der Waals surface area contributed by atoms with E-state index in [-0.39, 0.29) is 5.91 Å². The Bertz CT molecular complexity index is 535. The maximum atomic E-state index is 11.8. The number of anilines is 1. The molecular weight excluding hydrogens is 256 g/mol. The number of nitrogens with one attached hydrogen (secondary N) is 1. The molecule has 2 aromatic heterocycles. The minimum Gasteiger partial charge on any atom is -0.294 e. The van der Waals surface area contributed by atoms with Gasteiger partial charge >= 0.3 is 0 Å². The first-order chi connectivity index (χ1) is 8.33. The predicted molar refractivity (Wildman–Crippen MR) is 67.4 cm³/mol. The molecule has 17 heavy (non-hydrogen) atoms. The van der Waals surface area contributed by atoms with Crippen LogP contribution in [0.1, 0.15) is 4.88 Å². The molecule has 7 heteroatoms. The van der Waals surface area contributed by atoms with Crippen LogP contribution in [0.5, 0.6) is 0 Å². The monoisotopic (exact) mass is 266 g/mol. The van der Waals surface area contributed by atoms with Gasteiger partial charge in [0.05, 0.1) is 6.42 Å². The van der Waals surface area contributed by atoms with E-state index >= 15 is 0 Å². The molecule has 3 heterocycles. The Hall–Kier alpha value is -1.34. The van der Waals surface area contributed by atoms with E-state index in [0.717, 1.165) is 22.3 Å². The number of carbonyl (C=O) groups is 1. The van der Waals surface area contributed by atoms with Gasteiger partial charge in [-0.05, 0) is 11.4 Å². The number of carbonyl (C=O) groups excluding carboxylic acids is 1. The second-order valence-corrected chi connectivity index (χ2v) is 5.70. The van der Waals surface area contributed by atoms with Crippen LogP contribution >= 0.6 is 23.1 Å². The quantitative estimate of drug-likeness (QED) is 0.917. The summed E-state index contributed by atoms with van der Waals surface area (Å²) in [6.45, 7) is 0.863. The van der Waals surface area contributed by atoms with Gasteiger partial charge in [-0.2, -0.15) is 0 Å². The van der Waals surface area contributed by atoms with Gasteiger partial charge in [-0.15, -0.1) is 21.5 Å². The molecule has 0 atom stereocenters. The van der Waals surface area contributed by atoms with Crippen LogP contribution in [0.15, 0.2) is 22.7 Å². The Morgan fingerprint density at radius 3 is 3.29 bits per heavy atom. The second kappa shape index (κ2) is 4.50. The van der Waals surface area contributed by atoms with E-state index in [0.29, 0.717) is 12.4 Å². The Kier molecular flexibility index (Phi) is 2.86. The SMILES string of the molecule is O=C(Cc1cccs1)Nc1nnc2n1CCS2. The van der Waals surface area contributed by atoms with Crippen molar-refractivity contribution in [3.8, 4) is 0 Å². The lowest BCUT2D eigenvalue weighted by molar-refractivity contribution is -0.115. The van der Waals surface area contributed by atoms with E-state index in [1.165, 1.54) is 0 Å². The number of amides is 1. The highest BCUT2D eigenvalue weighted by Gasteiger charge is 2.19. The van der Waals surface area contributed by atoms with Gasteiger partial charge in [0.25, 0.3) is 0 Å². The van der Waals surface area contributed by atoms with E-state index in [1.807, 2.05) is 22.1 Å². The number of hydrogen-bond acceptors (Lipinski definition) is 5. The molecule has 0 bridgehead atoms. The molecule has 0 unspecified atom stereocenters. The van der Waals surface area contributed by atoms with E-state index in [4.69, 9.17) is 0 Å². The first-order valence-corrected chi connectivity index (χ1v) is 7.08. The number of aromatic nitrogens is 3. The first kappa shape index (κ1) is 10.8. The van der Waals surface area contributed by atoms with Gasteiger partial charge in [-0.1, -0.05) is 17.8 Å². The smallest absolute Gasteiger partial charge is 0.231 e. The van der Waals surface area contributed by atoms with Gasteiger partial charge in [-0.3, -0.25) is 14.7 Å². The van der Waals surface area contributed by atoms with Gasteiger partial charge < -0.3 is 0 Å². The van der Waals surface area contributed by atoms with Crippen molar-refractivity contribution in [3.63, 3.8) is 0 Å². The first-order valence-electron chi connectivity index (χ1n) is 5.21. The Morgan fingerprint density at radius 2 is 2.47 bits per heavy atom. The average molecular weight is 266 g/mol. The molecule has 1 aliphatic heterocycles. The summed E-state index contributed by atoms with van der Waals surface area (Å²) in [6, 6.07) is 3.90. The molecule has 0 radical (unpaired) electrons. The summed E-state index contributed by atoms with van der Waals surface area (Å²) in [5, 5.41) is 13.6. The standard InChI is InChI=1S/C10H10N4OS2/c15-8(6-7-2-1-4-16-7)11-9-12-13-10-14(9)3-5-17-10/h1-2,4H,3,5-6H2,(H,11,12,15). The van der Waals surface area contributed by atoms with E-state index < -0.39 is 0 Å². The molecule has 0 aliphatic carbocycles. The maximum Gasteiger partial charge on any atom is 0.231 e. The minimum atomic E-state index is -0.0421. The molecule has 0 spiro atoms. The van der Waals surface area contributed by atoms with Crippen LogP contribution in [0.2, 0.25) is 0 Å². The lowest BCUT2D eigenvalue weighted by Gasteiger charge is -2.03. The van der Waals surface area contributed by atoms with Gasteiger partial charge in [-0.25, -0.2) is 0 Å². The summed E-state index contributed by atoms with van der Waals surface area (Å²) in [7, 11) is 0. The fourth-order valence-corrected chi connectivity index (χ4v) is 3.25. The Balaban J connectivity index is 1.68. The van der Waals surface area contributed by atoms with Crippen molar-refractivity contribution in [2.45, 2.75) is 18.1 Å². The van der Waals surface area contributed by atoms with Crippen molar-refractivity contribution in [2.75, 3.05) is 11.1 Å². The normalized spacial score (nSPS) is 13.6. The molecule has 0 fully saturated rings. The average Bonchev–Trinajstić information content (AvgIpc) is 2.97. The highest BCUT2D eigenvalue weighted by atomic mass is 32.2. The molecule has 0 saturated heterocycles. The Morgan fingerprint density at radius 1 is 1.53 bits per heavy atom. The van der Waals surface area contributed by atoms with Gasteiger partial charge in [0.15, 0.2) is 5.16 Å². The molecule has 1 amide bonds. The number of thioether (sulfide) groups is 1. The third-order valence-corrected chi connectivity index (χ3v) is 4.25. The van der Waals surface area contributed by atoms with Crippen molar-refractivity contribution in [1.82, 2.24) is 14.8 Å². The number of hydrogen-bond donors (Lipinski definition) is 1. The molecule has 1 N–H and O–H groups in total. The van der Waals surface area contributed by atoms with Crippen LogP contribution in [0.25, 0.3) is 0 Å². The fourth-order valence-electron chi connectivity index (χ4n) is 1.66. The molecule has 3 rings (SSSR count). The number of fused-ring (bicyclic) bond motifs is 1. The minimum absolute atomic E-state index is 0.0421. The molecule has 88 valence electrons. The van der Waals surface area contributed by atoms with Crippen molar-refractivity contribution >= 4 is 35.0 Å². The summed E-state index contributed by atoms with van der Waals surface area (Å²) in [4.78, 5) is 12.8. The lowest BCUT2D eigenvalue weighted by Crippen LogP contribution is -2.17.